The van der Waals surface area contributed by atoms with Crippen molar-refractivity contribution in [2.75, 3.05) is 6.54 Å². The summed E-state index contributed by atoms with van der Waals surface area (Å²) in [4.78, 5) is 8.66. The maximum Gasteiger partial charge on any atom is 0.0996 e. The number of aromatic nitrogens is 4. The molecule has 1 aliphatic rings. The predicted molar refractivity (Wildman–Crippen MR) is 109 cm³/mol. The number of hydrogen-bond acceptors (Lipinski definition) is 4. The van der Waals surface area contributed by atoms with Crippen molar-refractivity contribution in [3.63, 3.8) is 0 Å². The Bertz CT molecular complexity index is 1050. The fourth-order valence-corrected chi connectivity index (χ4v) is 4.80. The number of likely N-dealkylation sites (tertiary alicyclic amines) is 1. The minimum Gasteiger partial charge on any atom is -0.305 e. The van der Waals surface area contributed by atoms with E-state index in [2.05, 4.69) is 63.4 Å². The van der Waals surface area contributed by atoms with Crippen molar-refractivity contribution in [2.45, 2.75) is 38.9 Å². The lowest BCUT2D eigenvalue weighted by Crippen LogP contribution is -2.23. The van der Waals surface area contributed by atoms with Crippen molar-refractivity contribution < 1.29 is 0 Å². The van der Waals surface area contributed by atoms with Crippen LogP contribution in [0.4, 0.5) is 0 Å². The summed E-state index contributed by atoms with van der Waals surface area (Å²) in [6.45, 7) is 5.10. The third-order valence-corrected chi connectivity index (χ3v) is 6.36. The van der Waals surface area contributed by atoms with E-state index in [9.17, 15) is 0 Å². The van der Waals surface area contributed by atoms with E-state index >= 15 is 0 Å². The van der Waals surface area contributed by atoms with E-state index in [1.165, 1.54) is 40.1 Å². The minimum atomic E-state index is 0.382. The quantitative estimate of drug-likeness (QED) is 0.509. The molecule has 1 atom stereocenters. The number of rotatable bonds is 5. The van der Waals surface area contributed by atoms with Crippen LogP contribution in [0, 0.1) is 0 Å². The second-order valence-electron chi connectivity index (χ2n) is 7.15. The van der Waals surface area contributed by atoms with Gasteiger partial charge < -0.3 is 4.40 Å². The summed E-state index contributed by atoms with van der Waals surface area (Å²) in [6, 6.07) is 9.09. The maximum absolute atomic E-state index is 4.82. The van der Waals surface area contributed by atoms with Crippen LogP contribution in [0.3, 0.4) is 0 Å². The molecule has 5 rings (SSSR count). The summed E-state index contributed by atoms with van der Waals surface area (Å²) in [5.74, 6) is 0. The van der Waals surface area contributed by atoms with Crippen molar-refractivity contribution in [3.05, 3.63) is 65.8 Å². The lowest BCUT2D eigenvalue weighted by atomic mass is 10.1. The molecule has 0 N–H and O–H groups in total. The highest BCUT2D eigenvalue weighted by atomic mass is 32.1. The monoisotopic (exact) mass is 377 g/mol. The van der Waals surface area contributed by atoms with E-state index in [0.29, 0.717) is 6.04 Å². The van der Waals surface area contributed by atoms with E-state index in [-0.39, 0.29) is 0 Å². The smallest absolute Gasteiger partial charge is 0.0996 e. The highest BCUT2D eigenvalue weighted by molar-refractivity contribution is 7.13. The third-order valence-electron chi connectivity index (χ3n) is 5.44. The molecule has 27 heavy (non-hydrogen) atoms. The molecule has 0 unspecified atom stereocenters. The summed E-state index contributed by atoms with van der Waals surface area (Å²) >= 11 is 1.77. The molecule has 1 saturated heterocycles. The summed E-state index contributed by atoms with van der Waals surface area (Å²) in [6.07, 6.45) is 10.7. The SMILES string of the molecule is CCn1cc(CN2CCC[C@@H]2c2ncn3cc(-c4cccs4)ccc23)cn1. The number of aryl methyl sites for hydroxylation is 1. The molecule has 0 bridgehead atoms. The number of thiophene rings is 1. The topological polar surface area (TPSA) is 38.4 Å². The summed E-state index contributed by atoms with van der Waals surface area (Å²) in [7, 11) is 0. The van der Waals surface area contributed by atoms with Gasteiger partial charge in [0.1, 0.15) is 0 Å². The molecule has 5 nitrogen and oxygen atoms in total. The van der Waals surface area contributed by atoms with Crippen LogP contribution in [0.15, 0.2) is 54.6 Å². The molecule has 5 heterocycles. The van der Waals surface area contributed by atoms with Crippen LogP contribution in [0.2, 0.25) is 0 Å². The first-order valence-electron chi connectivity index (χ1n) is 9.57. The number of fused-ring (bicyclic) bond motifs is 1. The fraction of sp³-hybridized carbons (Fsp3) is 0.333. The van der Waals surface area contributed by atoms with Gasteiger partial charge >= 0.3 is 0 Å². The average molecular weight is 378 g/mol. The molecular formula is C21H23N5S. The molecule has 0 radical (unpaired) electrons. The number of pyridine rings is 1. The molecule has 0 aromatic carbocycles. The molecular weight excluding hydrogens is 354 g/mol. The van der Waals surface area contributed by atoms with E-state index in [1.807, 2.05) is 17.2 Å². The first kappa shape index (κ1) is 16.7. The second kappa shape index (κ2) is 6.94. The van der Waals surface area contributed by atoms with Gasteiger partial charge in [-0.2, -0.15) is 5.10 Å². The Labute approximate surface area is 162 Å². The van der Waals surface area contributed by atoms with Crippen molar-refractivity contribution in [1.29, 1.82) is 0 Å². The Balaban J connectivity index is 1.43. The van der Waals surface area contributed by atoms with Crippen LogP contribution in [0.1, 0.15) is 37.1 Å². The largest absolute Gasteiger partial charge is 0.305 e. The Hall–Kier alpha value is -2.44. The number of imidazole rings is 1. The summed E-state index contributed by atoms with van der Waals surface area (Å²) in [5.41, 5.74) is 4.95. The Morgan fingerprint density at radius 3 is 3.00 bits per heavy atom. The molecule has 0 spiro atoms. The van der Waals surface area contributed by atoms with Crippen molar-refractivity contribution in [3.8, 4) is 10.4 Å². The molecule has 1 aliphatic heterocycles. The number of hydrogen-bond donors (Lipinski definition) is 0. The highest BCUT2D eigenvalue weighted by Crippen LogP contribution is 2.35. The summed E-state index contributed by atoms with van der Waals surface area (Å²) < 4.78 is 4.18. The molecule has 138 valence electrons. The van der Waals surface area contributed by atoms with Crippen LogP contribution in [-0.2, 0) is 13.1 Å². The second-order valence-corrected chi connectivity index (χ2v) is 8.10. The van der Waals surface area contributed by atoms with Gasteiger partial charge in [0.05, 0.1) is 29.8 Å². The molecule has 4 aromatic heterocycles. The lowest BCUT2D eigenvalue weighted by Gasteiger charge is -2.22. The van der Waals surface area contributed by atoms with Gasteiger partial charge in [0.2, 0.25) is 0 Å². The van der Waals surface area contributed by atoms with Gasteiger partial charge in [-0.15, -0.1) is 11.3 Å². The molecule has 1 fully saturated rings. The standard InChI is InChI=1S/C21H23N5S/c1-2-26-13-16(11-23-26)12-24-9-3-5-18(24)21-19-8-7-17(14-25(19)15-22-21)20-6-4-10-27-20/h4,6-8,10-11,13-15,18H,2-3,5,9,12H2,1H3/t18-/m1/s1. The third kappa shape index (κ3) is 3.09. The Morgan fingerprint density at radius 2 is 2.19 bits per heavy atom. The summed E-state index contributed by atoms with van der Waals surface area (Å²) in [5, 5.41) is 6.54. The van der Waals surface area contributed by atoms with Gasteiger partial charge in [0.15, 0.2) is 0 Å². The minimum absolute atomic E-state index is 0.382. The Morgan fingerprint density at radius 1 is 1.22 bits per heavy atom. The van der Waals surface area contributed by atoms with Crippen LogP contribution in [0.5, 0.6) is 0 Å². The fourth-order valence-electron chi connectivity index (χ4n) is 4.09. The van der Waals surface area contributed by atoms with Crippen LogP contribution in [0.25, 0.3) is 16.0 Å². The first-order valence-corrected chi connectivity index (χ1v) is 10.5. The molecule has 0 saturated carbocycles. The van der Waals surface area contributed by atoms with Crippen molar-refractivity contribution in [2.24, 2.45) is 0 Å². The van der Waals surface area contributed by atoms with E-state index in [1.54, 1.807) is 11.3 Å². The zero-order valence-corrected chi connectivity index (χ0v) is 16.3. The number of nitrogens with zero attached hydrogens (tertiary/aromatic N) is 5. The zero-order chi connectivity index (χ0) is 18.2. The van der Waals surface area contributed by atoms with E-state index in [0.717, 1.165) is 19.6 Å². The van der Waals surface area contributed by atoms with Gasteiger partial charge in [-0.05, 0) is 49.9 Å². The lowest BCUT2D eigenvalue weighted by molar-refractivity contribution is 0.246. The van der Waals surface area contributed by atoms with Gasteiger partial charge in [0, 0.05) is 41.5 Å². The van der Waals surface area contributed by atoms with Gasteiger partial charge in [-0.3, -0.25) is 9.58 Å². The molecule has 0 aliphatic carbocycles. The van der Waals surface area contributed by atoms with Gasteiger partial charge in [0.25, 0.3) is 0 Å². The van der Waals surface area contributed by atoms with Crippen LogP contribution >= 0.6 is 11.3 Å². The first-order chi connectivity index (χ1) is 13.3. The van der Waals surface area contributed by atoms with E-state index in [4.69, 9.17) is 4.98 Å². The molecule has 6 heteroatoms. The average Bonchev–Trinajstić information content (AvgIpc) is 3.47. The van der Waals surface area contributed by atoms with Crippen molar-refractivity contribution in [1.82, 2.24) is 24.1 Å². The zero-order valence-electron chi connectivity index (χ0n) is 15.5. The predicted octanol–water partition coefficient (Wildman–Crippen LogP) is 4.62. The van der Waals surface area contributed by atoms with Gasteiger partial charge in [-0.25, -0.2) is 4.98 Å². The van der Waals surface area contributed by atoms with Gasteiger partial charge in [-0.1, -0.05) is 6.07 Å². The Kier molecular flexibility index (Phi) is 4.30. The van der Waals surface area contributed by atoms with E-state index < -0.39 is 0 Å². The molecule has 0 amide bonds. The molecule has 4 aromatic rings. The maximum atomic E-state index is 4.82. The normalized spacial score (nSPS) is 17.9. The highest BCUT2D eigenvalue weighted by Gasteiger charge is 2.29. The van der Waals surface area contributed by atoms with Crippen molar-refractivity contribution >= 4 is 16.9 Å². The van der Waals surface area contributed by atoms with Crippen LogP contribution in [-0.4, -0.2) is 30.6 Å². The van der Waals surface area contributed by atoms with Crippen LogP contribution < -0.4 is 0 Å².